The molecule has 1 atom stereocenters. The van der Waals surface area contributed by atoms with Crippen LogP contribution in [0.15, 0.2) is 42.7 Å². The van der Waals surface area contributed by atoms with Gasteiger partial charge in [-0.1, -0.05) is 18.2 Å². The van der Waals surface area contributed by atoms with Crippen LogP contribution in [0.2, 0.25) is 0 Å². The summed E-state index contributed by atoms with van der Waals surface area (Å²) >= 11 is 0. The Morgan fingerprint density at radius 3 is 2.05 bits per heavy atom. The van der Waals surface area contributed by atoms with Gasteiger partial charge in [0.05, 0.1) is 24.5 Å². The van der Waals surface area contributed by atoms with Crippen molar-refractivity contribution in [1.82, 2.24) is 14.9 Å². The van der Waals surface area contributed by atoms with Crippen molar-refractivity contribution in [3.05, 3.63) is 48.3 Å². The molecule has 1 amide bonds. The van der Waals surface area contributed by atoms with Crippen molar-refractivity contribution in [1.29, 1.82) is 0 Å². The highest BCUT2D eigenvalue weighted by molar-refractivity contribution is 7.92. The molecule has 2 N–H and O–H groups in total. The average molecular weight is 557 g/mol. The first-order chi connectivity index (χ1) is 17.0. The maximum absolute atomic E-state index is 13.2. The lowest BCUT2D eigenvalue weighted by Crippen LogP contribution is -2.59. The summed E-state index contributed by atoms with van der Waals surface area (Å²) in [5, 5.41) is 19.0. The summed E-state index contributed by atoms with van der Waals surface area (Å²) in [4.78, 5) is 21.0. The van der Waals surface area contributed by atoms with Crippen molar-refractivity contribution in [2.75, 3.05) is 41.6 Å². The van der Waals surface area contributed by atoms with Gasteiger partial charge in [-0.25, -0.2) is 23.2 Å². The van der Waals surface area contributed by atoms with Crippen LogP contribution in [-0.4, -0.2) is 90.4 Å². The number of benzene rings is 1. The Bertz CT molecular complexity index is 1200. The van der Waals surface area contributed by atoms with Gasteiger partial charge >= 0.3 is 18.4 Å². The van der Waals surface area contributed by atoms with E-state index in [-0.39, 0.29) is 50.2 Å². The molecule has 1 fully saturated rings. The van der Waals surface area contributed by atoms with Crippen LogP contribution in [0.5, 0.6) is 0 Å². The number of alkyl halides is 6. The molecule has 1 aliphatic rings. The highest BCUT2D eigenvalue weighted by Crippen LogP contribution is 2.49. The van der Waals surface area contributed by atoms with E-state index in [0.717, 1.165) is 15.5 Å². The first-order valence-corrected chi connectivity index (χ1v) is 12.3. The molecular weight excluding hydrogens is 536 g/mol. The van der Waals surface area contributed by atoms with Crippen molar-refractivity contribution in [3.63, 3.8) is 0 Å². The Morgan fingerprint density at radius 2 is 1.59 bits per heavy atom. The number of aromatic nitrogens is 2. The summed E-state index contributed by atoms with van der Waals surface area (Å²) in [6, 6.07) is 6.78. The zero-order valence-electron chi connectivity index (χ0n) is 19.0. The van der Waals surface area contributed by atoms with Crippen LogP contribution in [0.3, 0.4) is 0 Å². The molecule has 0 unspecified atom stereocenters. The topological polar surface area (TPSA) is 127 Å². The lowest BCUT2D eigenvalue weighted by Gasteiger charge is -2.42. The van der Waals surface area contributed by atoms with Gasteiger partial charge in [0, 0.05) is 37.6 Å². The summed E-state index contributed by atoms with van der Waals surface area (Å²) in [6.45, 7) is -0.886. The van der Waals surface area contributed by atoms with E-state index in [1.54, 1.807) is 18.2 Å². The number of halogens is 6. The highest BCUT2D eigenvalue weighted by Gasteiger charge is 2.71. The number of carboxylic acid groups (broad SMARTS) is 1. The predicted molar refractivity (Wildman–Crippen MR) is 117 cm³/mol. The van der Waals surface area contributed by atoms with Crippen molar-refractivity contribution in [2.45, 2.75) is 24.0 Å². The summed E-state index contributed by atoms with van der Waals surface area (Å²) < 4.78 is 105. The number of aliphatic hydroxyl groups is 1. The highest BCUT2D eigenvalue weighted by atomic mass is 32.2. The van der Waals surface area contributed by atoms with Crippen molar-refractivity contribution in [2.24, 2.45) is 0 Å². The summed E-state index contributed by atoms with van der Waals surface area (Å²) in [6.07, 6.45) is -12.3. The first kappa shape index (κ1) is 28.2. The normalized spacial score (nSPS) is 17.6. The SMILES string of the molecule is CS(=O)(=O)N(C[C@H]1CN(C(=O)O)CCN1c1ncc(C(O)(C(F)(F)F)C(F)(F)F)cn1)c1ccccc1. The van der Waals surface area contributed by atoms with E-state index in [2.05, 4.69) is 9.97 Å². The molecule has 3 rings (SSSR count). The number of anilines is 2. The molecule has 10 nitrogen and oxygen atoms in total. The molecule has 1 aliphatic heterocycles. The molecular formula is C20H21F6N5O5S. The lowest BCUT2D eigenvalue weighted by molar-refractivity contribution is -0.376. The molecule has 37 heavy (non-hydrogen) atoms. The number of hydrogen-bond donors (Lipinski definition) is 2. The molecule has 0 radical (unpaired) electrons. The van der Waals surface area contributed by atoms with Crippen molar-refractivity contribution < 1.29 is 49.8 Å². The number of nitrogens with zero attached hydrogens (tertiary/aromatic N) is 5. The Hall–Kier alpha value is -3.34. The maximum Gasteiger partial charge on any atom is 0.430 e. The third-order valence-corrected chi connectivity index (χ3v) is 6.87. The van der Waals surface area contributed by atoms with Gasteiger partial charge in [0.25, 0.3) is 5.60 Å². The molecule has 2 heterocycles. The van der Waals surface area contributed by atoms with E-state index in [1.165, 1.54) is 17.0 Å². The number of amides is 1. The first-order valence-electron chi connectivity index (χ1n) is 10.4. The van der Waals surface area contributed by atoms with Crippen molar-refractivity contribution >= 4 is 27.8 Å². The maximum atomic E-state index is 13.2. The minimum Gasteiger partial charge on any atom is -0.465 e. The minimum absolute atomic E-state index is 0.129. The van der Waals surface area contributed by atoms with Crippen LogP contribution in [0.1, 0.15) is 5.56 Å². The van der Waals surface area contributed by atoms with Gasteiger partial charge in [-0.15, -0.1) is 0 Å². The lowest BCUT2D eigenvalue weighted by atomic mass is 9.95. The van der Waals surface area contributed by atoms with E-state index in [9.17, 15) is 49.8 Å². The average Bonchev–Trinajstić information content (AvgIpc) is 2.80. The van der Waals surface area contributed by atoms with Gasteiger partial charge in [0.1, 0.15) is 0 Å². The second-order valence-corrected chi connectivity index (χ2v) is 10.1. The molecule has 1 aromatic heterocycles. The van der Waals surface area contributed by atoms with Crippen LogP contribution in [0.4, 0.5) is 42.8 Å². The Labute approximate surface area is 206 Å². The van der Waals surface area contributed by atoms with E-state index < -0.39 is 45.7 Å². The Balaban J connectivity index is 2.00. The number of sulfonamides is 1. The van der Waals surface area contributed by atoms with E-state index in [0.29, 0.717) is 0 Å². The van der Waals surface area contributed by atoms with Crippen LogP contribution in [-0.2, 0) is 15.6 Å². The number of piperazine rings is 1. The second-order valence-electron chi connectivity index (χ2n) is 8.18. The fourth-order valence-electron chi connectivity index (χ4n) is 3.81. The predicted octanol–water partition coefficient (Wildman–Crippen LogP) is 2.42. The van der Waals surface area contributed by atoms with Crippen LogP contribution >= 0.6 is 0 Å². The fraction of sp³-hybridized carbons (Fsp3) is 0.450. The zero-order valence-corrected chi connectivity index (χ0v) is 19.8. The van der Waals surface area contributed by atoms with Crippen LogP contribution in [0, 0.1) is 0 Å². The monoisotopic (exact) mass is 557 g/mol. The summed E-state index contributed by atoms with van der Waals surface area (Å²) in [7, 11) is -3.90. The van der Waals surface area contributed by atoms with Crippen LogP contribution < -0.4 is 9.21 Å². The smallest absolute Gasteiger partial charge is 0.430 e. The quantitative estimate of drug-likeness (QED) is 0.519. The minimum atomic E-state index is -6.13. The molecule has 0 saturated carbocycles. The largest absolute Gasteiger partial charge is 0.465 e. The molecule has 0 aliphatic carbocycles. The molecule has 0 bridgehead atoms. The molecule has 1 saturated heterocycles. The van der Waals surface area contributed by atoms with Gasteiger partial charge < -0.3 is 20.0 Å². The van der Waals surface area contributed by atoms with Gasteiger partial charge in [0.15, 0.2) is 0 Å². The summed E-state index contributed by atoms with van der Waals surface area (Å²) in [5.74, 6) is -0.382. The molecule has 204 valence electrons. The number of hydrogen-bond acceptors (Lipinski definition) is 7. The van der Waals surface area contributed by atoms with E-state index in [4.69, 9.17) is 0 Å². The Morgan fingerprint density at radius 1 is 1.05 bits per heavy atom. The number of carbonyl (C=O) groups is 1. The molecule has 2 aromatic rings. The number of rotatable bonds is 6. The molecule has 1 aromatic carbocycles. The van der Waals surface area contributed by atoms with Gasteiger partial charge in [-0.2, -0.15) is 26.3 Å². The summed E-state index contributed by atoms with van der Waals surface area (Å²) in [5.41, 5.74) is -6.64. The zero-order chi connectivity index (χ0) is 27.8. The van der Waals surface area contributed by atoms with Crippen molar-refractivity contribution in [3.8, 4) is 0 Å². The van der Waals surface area contributed by atoms with Crippen LogP contribution in [0.25, 0.3) is 0 Å². The van der Waals surface area contributed by atoms with Gasteiger partial charge in [-0.05, 0) is 12.1 Å². The fourth-order valence-corrected chi connectivity index (χ4v) is 4.76. The standard InChI is InChI=1S/C20H21F6N5O5S/c1-37(35,36)31(14-5-3-2-4-6-14)12-15-11-29(17(32)33)7-8-30(15)16-27-9-13(10-28-16)18(34,19(21,22)23)20(24,25)26/h2-6,9-10,15,34H,7-8,11-12H2,1H3,(H,32,33)/t15-/m1/s1. The second kappa shape index (κ2) is 9.85. The van der Waals surface area contributed by atoms with Gasteiger partial charge in [0.2, 0.25) is 16.0 Å². The van der Waals surface area contributed by atoms with E-state index >= 15 is 0 Å². The Kier molecular flexibility index (Phi) is 7.51. The molecule has 0 spiro atoms. The third kappa shape index (κ3) is 5.66. The molecule has 17 heteroatoms. The van der Waals surface area contributed by atoms with E-state index in [1.807, 2.05) is 0 Å². The third-order valence-electron chi connectivity index (χ3n) is 5.71. The van der Waals surface area contributed by atoms with Gasteiger partial charge in [-0.3, -0.25) is 4.31 Å². The number of para-hydroxylation sites is 1.